The predicted octanol–water partition coefficient (Wildman–Crippen LogP) is 4.74. The minimum Gasteiger partial charge on any atom is -0.494 e. The SMILES string of the molecule is COc1c(Cl)cc(Cl)cc1C(=O)Nc1ccc(N2CCOCC2)c(Cl)c1. The standard InChI is InChI=1S/C18H17Cl3N2O3/c1-25-17-13(8-11(19)9-15(17)21)18(24)22-12-2-3-16(14(20)10-12)23-4-6-26-7-5-23/h2-3,8-10H,4-7H2,1H3,(H,22,24). The molecule has 5 nitrogen and oxygen atoms in total. The lowest BCUT2D eigenvalue weighted by atomic mass is 10.1. The molecule has 0 aliphatic carbocycles. The lowest BCUT2D eigenvalue weighted by Crippen LogP contribution is -2.36. The van der Waals surface area contributed by atoms with Gasteiger partial charge in [-0.1, -0.05) is 34.8 Å². The zero-order valence-electron chi connectivity index (χ0n) is 14.0. The van der Waals surface area contributed by atoms with E-state index in [1.165, 1.54) is 19.2 Å². The van der Waals surface area contributed by atoms with Crippen molar-refractivity contribution >= 4 is 52.1 Å². The Labute approximate surface area is 166 Å². The topological polar surface area (TPSA) is 50.8 Å². The van der Waals surface area contributed by atoms with Gasteiger partial charge in [0, 0.05) is 23.8 Å². The van der Waals surface area contributed by atoms with Crippen LogP contribution in [0.4, 0.5) is 11.4 Å². The van der Waals surface area contributed by atoms with Crippen molar-refractivity contribution in [3.8, 4) is 5.75 Å². The molecule has 3 rings (SSSR count). The fraction of sp³-hybridized carbons (Fsp3) is 0.278. The van der Waals surface area contributed by atoms with Crippen molar-refractivity contribution in [1.82, 2.24) is 0 Å². The van der Waals surface area contributed by atoms with Gasteiger partial charge in [-0.2, -0.15) is 0 Å². The second kappa shape index (κ2) is 8.35. The molecule has 1 N–H and O–H groups in total. The molecule has 0 radical (unpaired) electrons. The number of methoxy groups -OCH3 is 1. The lowest BCUT2D eigenvalue weighted by Gasteiger charge is -2.29. The van der Waals surface area contributed by atoms with Crippen LogP contribution in [0.2, 0.25) is 15.1 Å². The molecule has 0 atom stereocenters. The van der Waals surface area contributed by atoms with Crippen molar-refractivity contribution in [2.75, 3.05) is 43.6 Å². The van der Waals surface area contributed by atoms with Crippen LogP contribution in [0.3, 0.4) is 0 Å². The zero-order chi connectivity index (χ0) is 18.7. The molecule has 1 aliphatic rings. The second-order valence-corrected chi connectivity index (χ2v) is 6.94. The summed E-state index contributed by atoms with van der Waals surface area (Å²) in [6.07, 6.45) is 0. The third-order valence-corrected chi connectivity index (χ3v) is 4.82. The largest absolute Gasteiger partial charge is 0.494 e. The molecular formula is C18H17Cl3N2O3. The normalized spacial score (nSPS) is 14.2. The van der Waals surface area contributed by atoms with E-state index in [1.54, 1.807) is 12.1 Å². The summed E-state index contributed by atoms with van der Waals surface area (Å²) < 4.78 is 10.6. The highest BCUT2D eigenvalue weighted by Gasteiger charge is 2.18. The number of anilines is 2. The van der Waals surface area contributed by atoms with Crippen molar-refractivity contribution in [2.24, 2.45) is 0 Å². The molecule has 8 heteroatoms. The first-order valence-corrected chi connectivity index (χ1v) is 9.09. The Bertz CT molecular complexity index is 824. The van der Waals surface area contributed by atoms with Crippen molar-refractivity contribution in [3.63, 3.8) is 0 Å². The summed E-state index contributed by atoms with van der Waals surface area (Å²) >= 11 is 18.5. The van der Waals surface area contributed by atoms with Crippen molar-refractivity contribution in [2.45, 2.75) is 0 Å². The van der Waals surface area contributed by atoms with Crippen LogP contribution in [0.1, 0.15) is 10.4 Å². The molecule has 1 saturated heterocycles. The first-order valence-electron chi connectivity index (χ1n) is 7.96. The van der Waals surface area contributed by atoms with Gasteiger partial charge in [0.05, 0.1) is 41.6 Å². The molecular weight excluding hydrogens is 399 g/mol. The number of hydrogen-bond acceptors (Lipinski definition) is 4. The van der Waals surface area contributed by atoms with E-state index in [0.29, 0.717) is 28.9 Å². The van der Waals surface area contributed by atoms with Crippen molar-refractivity contribution < 1.29 is 14.3 Å². The van der Waals surface area contributed by atoms with Crippen molar-refractivity contribution in [1.29, 1.82) is 0 Å². The van der Waals surface area contributed by atoms with E-state index < -0.39 is 0 Å². The number of benzene rings is 2. The molecule has 0 aromatic heterocycles. The Kier molecular flexibility index (Phi) is 6.14. The summed E-state index contributed by atoms with van der Waals surface area (Å²) in [5.41, 5.74) is 1.73. The summed E-state index contributed by atoms with van der Waals surface area (Å²) in [6, 6.07) is 8.42. The number of ether oxygens (including phenoxy) is 2. The van der Waals surface area contributed by atoms with Gasteiger partial charge < -0.3 is 19.7 Å². The second-order valence-electron chi connectivity index (χ2n) is 5.69. The average molecular weight is 416 g/mol. The van der Waals surface area contributed by atoms with Gasteiger partial charge in [0.15, 0.2) is 0 Å². The van der Waals surface area contributed by atoms with Gasteiger partial charge in [0.2, 0.25) is 0 Å². The highest BCUT2D eigenvalue weighted by atomic mass is 35.5. The summed E-state index contributed by atoms with van der Waals surface area (Å²) in [5.74, 6) is -0.119. The van der Waals surface area contributed by atoms with E-state index >= 15 is 0 Å². The van der Waals surface area contributed by atoms with Crippen LogP contribution in [-0.4, -0.2) is 39.3 Å². The van der Waals surface area contributed by atoms with Crippen LogP contribution < -0.4 is 15.0 Å². The minimum absolute atomic E-state index is 0.248. The van der Waals surface area contributed by atoms with E-state index in [0.717, 1.165) is 18.8 Å². The fourth-order valence-electron chi connectivity index (χ4n) is 2.78. The molecule has 2 aromatic rings. The van der Waals surface area contributed by atoms with Crippen molar-refractivity contribution in [3.05, 3.63) is 51.0 Å². The summed E-state index contributed by atoms with van der Waals surface area (Å²) in [4.78, 5) is 14.8. The minimum atomic E-state index is -0.388. The van der Waals surface area contributed by atoms with Gasteiger partial charge in [-0.05, 0) is 30.3 Å². The van der Waals surface area contributed by atoms with Crippen LogP contribution in [0.15, 0.2) is 30.3 Å². The Hall–Kier alpha value is -1.66. The molecule has 1 amide bonds. The number of carbonyl (C=O) groups is 1. The third kappa shape index (κ3) is 4.18. The van der Waals surface area contributed by atoms with E-state index in [9.17, 15) is 4.79 Å². The van der Waals surface area contributed by atoms with Crippen LogP contribution in [0.5, 0.6) is 5.75 Å². The highest BCUT2D eigenvalue weighted by molar-refractivity contribution is 6.36. The molecule has 0 bridgehead atoms. The number of rotatable bonds is 4. The zero-order valence-corrected chi connectivity index (χ0v) is 16.3. The van der Waals surface area contributed by atoms with Gasteiger partial charge in [0.1, 0.15) is 5.75 Å². The number of morpholine rings is 1. The maximum absolute atomic E-state index is 12.6. The molecule has 0 saturated carbocycles. The number of nitrogens with zero attached hydrogens (tertiary/aromatic N) is 1. The van der Waals surface area contributed by atoms with Crippen LogP contribution in [0, 0.1) is 0 Å². The fourth-order valence-corrected chi connectivity index (χ4v) is 3.65. The number of nitrogens with one attached hydrogen (secondary N) is 1. The lowest BCUT2D eigenvalue weighted by molar-refractivity contribution is 0.102. The quantitative estimate of drug-likeness (QED) is 0.783. The summed E-state index contributed by atoms with van der Waals surface area (Å²) in [6.45, 7) is 2.90. The third-order valence-electron chi connectivity index (χ3n) is 4.01. The Morgan fingerprint density at radius 1 is 1.12 bits per heavy atom. The number of carbonyl (C=O) groups excluding carboxylic acids is 1. The molecule has 0 spiro atoms. The van der Waals surface area contributed by atoms with Gasteiger partial charge in [-0.25, -0.2) is 0 Å². The van der Waals surface area contributed by atoms with E-state index in [4.69, 9.17) is 44.3 Å². The smallest absolute Gasteiger partial charge is 0.259 e. The van der Waals surface area contributed by atoms with E-state index in [2.05, 4.69) is 10.2 Å². The van der Waals surface area contributed by atoms with Gasteiger partial charge in [-0.15, -0.1) is 0 Å². The number of hydrogen-bond donors (Lipinski definition) is 1. The summed E-state index contributed by atoms with van der Waals surface area (Å²) in [7, 11) is 1.44. The monoisotopic (exact) mass is 414 g/mol. The predicted molar refractivity (Wildman–Crippen MR) is 105 cm³/mol. The van der Waals surface area contributed by atoms with Gasteiger partial charge in [0.25, 0.3) is 5.91 Å². The molecule has 1 heterocycles. The molecule has 1 fully saturated rings. The van der Waals surface area contributed by atoms with E-state index in [1.807, 2.05) is 6.07 Å². The average Bonchev–Trinajstić information content (AvgIpc) is 2.62. The Morgan fingerprint density at radius 3 is 2.50 bits per heavy atom. The Morgan fingerprint density at radius 2 is 1.85 bits per heavy atom. The molecule has 0 unspecified atom stereocenters. The Balaban J connectivity index is 1.81. The maximum atomic E-state index is 12.6. The van der Waals surface area contributed by atoms with E-state index in [-0.39, 0.29) is 22.2 Å². The maximum Gasteiger partial charge on any atom is 0.259 e. The molecule has 1 aliphatic heterocycles. The number of amides is 1. The van der Waals surface area contributed by atoms with Crippen LogP contribution in [-0.2, 0) is 4.74 Å². The van der Waals surface area contributed by atoms with Gasteiger partial charge >= 0.3 is 0 Å². The summed E-state index contributed by atoms with van der Waals surface area (Å²) in [5, 5.41) is 3.97. The molecule has 2 aromatic carbocycles. The molecule has 26 heavy (non-hydrogen) atoms. The highest BCUT2D eigenvalue weighted by Crippen LogP contribution is 2.34. The molecule has 138 valence electrons. The van der Waals surface area contributed by atoms with Crippen LogP contribution >= 0.6 is 34.8 Å². The first-order chi connectivity index (χ1) is 12.5. The van der Waals surface area contributed by atoms with Gasteiger partial charge in [-0.3, -0.25) is 4.79 Å². The number of halogens is 3. The first kappa shape index (κ1) is 19.1. The van der Waals surface area contributed by atoms with Crippen LogP contribution in [0.25, 0.3) is 0 Å².